The molecule has 0 aliphatic rings. The number of hydrogen-bond donors (Lipinski definition) is 1. The Labute approximate surface area is 98.9 Å². The maximum absolute atomic E-state index is 12.0. The highest BCUT2D eigenvalue weighted by molar-refractivity contribution is 6.09. The zero-order valence-corrected chi connectivity index (χ0v) is 9.01. The molecule has 0 aromatic heterocycles. The summed E-state index contributed by atoms with van der Waals surface area (Å²) in [5.74, 6) is -0.116. The number of benzene rings is 2. The minimum Gasteiger partial charge on any atom is -0.398 e. The molecule has 2 rings (SSSR count). The summed E-state index contributed by atoms with van der Waals surface area (Å²) in [7, 11) is 0. The van der Waals surface area contributed by atoms with Crippen LogP contribution >= 0.6 is 0 Å². The minimum absolute atomic E-state index is 0.116. The molecule has 2 aromatic carbocycles. The lowest BCUT2D eigenvalue weighted by Crippen LogP contribution is -2.03. The van der Waals surface area contributed by atoms with E-state index in [1.54, 1.807) is 36.6 Å². The van der Waals surface area contributed by atoms with E-state index in [-0.39, 0.29) is 17.0 Å². The largest absolute Gasteiger partial charge is 0.398 e. The lowest BCUT2D eigenvalue weighted by atomic mass is 10.0. The standard InChI is InChI=1S/C14H10NO2/c15-13-8-11(6-7-12(13)9-16)14(17)10-4-2-1-3-5-10/h1-8H,15H2. The van der Waals surface area contributed by atoms with Gasteiger partial charge in [-0.05, 0) is 12.1 Å². The number of anilines is 1. The summed E-state index contributed by atoms with van der Waals surface area (Å²) < 4.78 is 0. The average molecular weight is 224 g/mol. The van der Waals surface area contributed by atoms with Crippen LogP contribution in [0.15, 0.2) is 48.5 Å². The van der Waals surface area contributed by atoms with Gasteiger partial charge in [-0.1, -0.05) is 36.4 Å². The molecular weight excluding hydrogens is 214 g/mol. The smallest absolute Gasteiger partial charge is 0.235 e. The van der Waals surface area contributed by atoms with Crippen molar-refractivity contribution in [2.24, 2.45) is 0 Å². The molecule has 83 valence electrons. The van der Waals surface area contributed by atoms with Crippen LogP contribution in [-0.2, 0) is 4.79 Å². The van der Waals surface area contributed by atoms with E-state index in [1.807, 2.05) is 6.07 Å². The number of nitrogens with two attached hydrogens (primary N) is 1. The van der Waals surface area contributed by atoms with Crippen molar-refractivity contribution in [3.63, 3.8) is 0 Å². The first-order valence-corrected chi connectivity index (χ1v) is 5.10. The molecule has 0 spiro atoms. The Morgan fingerprint density at radius 2 is 1.71 bits per heavy atom. The quantitative estimate of drug-likeness (QED) is 0.640. The number of hydrogen-bond acceptors (Lipinski definition) is 3. The van der Waals surface area contributed by atoms with Gasteiger partial charge in [-0.25, -0.2) is 0 Å². The van der Waals surface area contributed by atoms with E-state index < -0.39 is 0 Å². The van der Waals surface area contributed by atoms with Crippen molar-refractivity contribution < 1.29 is 9.59 Å². The third-order valence-corrected chi connectivity index (χ3v) is 2.46. The number of ketones is 1. The Hall–Kier alpha value is -2.42. The summed E-state index contributed by atoms with van der Waals surface area (Å²) in [6, 6.07) is 13.5. The third kappa shape index (κ3) is 2.23. The number of rotatable bonds is 3. The monoisotopic (exact) mass is 224 g/mol. The second-order valence-corrected chi connectivity index (χ2v) is 3.60. The van der Waals surface area contributed by atoms with Crippen molar-refractivity contribution in [1.82, 2.24) is 0 Å². The van der Waals surface area contributed by atoms with Gasteiger partial charge in [0.2, 0.25) is 6.29 Å². The van der Waals surface area contributed by atoms with Crippen molar-refractivity contribution in [2.45, 2.75) is 0 Å². The van der Waals surface area contributed by atoms with Gasteiger partial charge in [0.15, 0.2) is 5.78 Å². The van der Waals surface area contributed by atoms with Crippen LogP contribution in [-0.4, -0.2) is 12.1 Å². The molecule has 0 amide bonds. The number of carbonyl (C=O) groups excluding carboxylic acids is 2. The molecule has 3 heteroatoms. The summed E-state index contributed by atoms with van der Waals surface area (Å²) in [4.78, 5) is 22.5. The van der Waals surface area contributed by atoms with E-state index in [0.29, 0.717) is 11.1 Å². The molecule has 0 unspecified atom stereocenters. The molecular formula is C14H10NO2. The van der Waals surface area contributed by atoms with Crippen LogP contribution < -0.4 is 5.73 Å². The normalized spacial score (nSPS) is 9.88. The van der Waals surface area contributed by atoms with Crippen LogP contribution in [0, 0.1) is 0 Å². The van der Waals surface area contributed by atoms with E-state index in [0.717, 1.165) is 0 Å². The molecule has 0 aliphatic heterocycles. The highest BCUT2D eigenvalue weighted by Gasteiger charge is 2.10. The highest BCUT2D eigenvalue weighted by Crippen LogP contribution is 2.15. The summed E-state index contributed by atoms with van der Waals surface area (Å²) in [5.41, 5.74) is 7.23. The second kappa shape index (κ2) is 4.61. The average Bonchev–Trinajstić information content (AvgIpc) is 2.39. The predicted octanol–water partition coefficient (Wildman–Crippen LogP) is 1.96. The van der Waals surface area contributed by atoms with Gasteiger partial charge in [0.05, 0.1) is 0 Å². The maximum atomic E-state index is 12.0. The molecule has 0 bridgehead atoms. The van der Waals surface area contributed by atoms with Crippen LogP contribution in [0.2, 0.25) is 0 Å². The fraction of sp³-hybridized carbons (Fsp3) is 0. The van der Waals surface area contributed by atoms with E-state index in [4.69, 9.17) is 5.73 Å². The highest BCUT2D eigenvalue weighted by atomic mass is 16.1. The van der Waals surface area contributed by atoms with Gasteiger partial charge in [0, 0.05) is 22.4 Å². The third-order valence-electron chi connectivity index (χ3n) is 2.46. The molecule has 0 aliphatic carbocycles. The number of nitrogen functional groups attached to an aromatic ring is 1. The predicted molar refractivity (Wildman–Crippen MR) is 65.5 cm³/mol. The molecule has 0 fully saturated rings. The molecule has 0 heterocycles. The van der Waals surface area contributed by atoms with Crippen molar-refractivity contribution in [2.75, 3.05) is 5.73 Å². The molecule has 2 aromatic rings. The van der Waals surface area contributed by atoms with Crippen LogP contribution in [0.25, 0.3) is 0 Å². The summed E-state index contributed by atoms with van der Waals surface area (Å²) in [6.07, 6.45) is 1.71. The molecule has 3 nitrogen and oxygen atoms in total. The van der Waals surface area contributed by atoms with Gasteiger partial charge in [-0.2, -0.15) is 0 Å². The molecule has 2 N–H and O–H groups in total. The summed E-state index contributed by atoms with van der Waals surface area (Å²) in [6.45, 7) is 0. The second-order valence-electron chi connectivity index (χ2n) is 3.60. The zero-order valence-electron chi connectivity index (χ0n) is 9.01. The van der Waals surface area contributed by atoms with E-state index in [9.17, 15) is 9.59 Å². The van der Waals surface area contributed by atoms with Crippen LogP contribution in [0.3, 0.4) is 0 Å². The minimum atomic E-state index is -0.116. The van der Waals surface area contributed by atoms with Gasteiger partial charge < -0.3 is 5.73 Å². The Kier molecular flexibility index (Phi) is 3.01. The molecule has 17 heavy (non-hydrogen) atoms. The Bertz CT molecular complexity index is 562. The van der Waals surface area contributed by atoms with Crippen LogP contribution in [0.5, 0.6) is 0 Å². The summed E-state index contributed by atoms with van der Waals surface area (Å²) in [5, 5.41) is 0. The van der Waals surface area contributed by atoms with Gasteiger partial charge in [-0.15, -0.1) is 0 Å². The summed E-state index contributed by atoms with van der Waals surface area (Å²) >= 11 is 0. The molecule has 0 saturated carbocycles. The van der Waals surface area contributed by atoms with Crippen molar-refractivity contribution in [3.8, 4) is 0 Å². The van der Waals surface area contributed by atoms with Gasteiger partial charge in [0.25, 0.3) is 0 Å². The molecule has 0 saturated heterocycles. The van der Waals surface area contributed by atoms with E-state index >= 15 is 0 Å². The maximum Gasteiger partial charge on any atom is 0.235 e. The lowest BCUT2D eigenvalue weighted by molar-refractivity contribution is 0.103. The first-order chi connectivity index (χ1) is 8.22. The molecule has 1 radical (unpaired) electrons. The Morgan fingerprint density at radius 1 is 1.00 bits per heavy atom. The molecule has 0 atom stereocenters. The van der Waals surface area contributed by atoms with Crippen molar-refractivity contribution >= 4 is 17.8 Å². The first kappa shape index (κ1) is 11.1. The van der Waals surface area contributed by atoms with E-state index in [2.05, 4.69) is 0 Å². The van der Waals surface area contributed by atoms with E-state index in [1.165, 1.54) is 12.1 Å². The van der Waals surface area contributed by atoms with Crippen molar-refractivity contribution in [3.05, 3.63) is 65.2 Å². The topological polar surface area (TPSA) is 60.2 Å². The Morgan fingerprint density at radius 3 is 2.29 bits per heavy atom. The number of carbonyl (C=O) groups is 1. The zero-order chi connectivity index (χ0) is 12.3. The fourth-order valence-electron chi connectivity index (χ4n) is 1.55. The Balaban J connectivity index is 2.39. The lowest BCUT2D eigenvalue weighted by Gasteiger charge is -2.03. The van der Waals surface area contributed by atoms with Gasteiger partial charge in [-0.3, -0.25) is 9.59 Å². The SMILES string of the molecule is Nc1cc(C(=O)c2ccccc2)ccc1[C]=O. The first-order valence-electron chi connectivity index (χ1n) is 5.10. The van der Waals surface area contributed by atoms with Crippen LogP contribution in [0.1, 0.15) is 21.5 Å². The van der Waals surface area contributed by atoms with Gasteiger partial charge in [0.1, 0.15) is 0 Å². The fourth-order valence-corrected chi connectivity index (χ4v) is 1.55. The van der Waals surface area contributed by atoms with Gasteiger partial charge >= 0.3 is 0 Å². The van der Waals surface area contributed by atoms with Crippen molar-refractivity contribution in [1.29, 1.82) is 0 Å². The van der Waals surface area contributed by atoms with Crippen LogP contribution in [0.4, 0.5) is 5.69 Å².